The highest BCUT2D eigenvalue weighted by molar-refractivity contribution is 7.98. The van der Waals surface area contributed by atoms with Gasteiger partial charge in [0.1, 0.15) is 0 Å². The van der Waals surface area contributed by atoms with Crippen molar-refractivity contribution in [1.82, 2.24) is 15.2 Å². The quantitative estimate of drug-likeness (QED) is 0.463. The van der Waals surface area contributed by atoms with E-state index >= 15 is 0 Å². The molecule has 0 spiro atoms. The maximum absolute atomic E-state index is 11.1. The third-order valence-corrected chi connectivity index (χ3v) is 3.29. The molecule has 0 aromatic carbocycles. The molecule has 1 amide bonds. The smallest absolute Gasteiger partial charge is 0.233 e. The van der Waals surface area contributed by atoms with Gasteiger partial charge in [-0.2, -0.15) is 17.0 Å². The van der Waals surface area contributed by atoms with Crippen LogP contribution in [0.1, 0.15) is 17.7 Å². The van der Waals surface area contributed by atoms with Crippen LogP contribution in [0.5, 0.6) is 0 Å². The van der Waals surface area contributed by atoms with Gasteiger partial charge in [0.15, 0.2) is 6.19 Å². The predicted octanol–water partition coefficient (Wildman–Crippen LogP) is 1.36. The topological polar surface area (TPSA) is 69.0 Å². The van der Waals surface area contributed by atoms with Crippen molar-refractivity contribution in [2.24, 2.45) is 0 Å². The molecule has 5 nitrogen and oxygen atoms in total. The fourth-order valence-electron chi connectivity index (χ4n) is 1.54. The van der Waals surface area contributed by atoms with Crippen molar-refractivity contribution in [3.63, 3.8) is 0 Å². The standard InChI is InChI=1S/C13H18N4OS/c1-17(2)8-11-3-5-15-12(7-11)9-19-6-4-13(18)16-10-14/h3,5,7H,4,6,8-9H2,1-2H3,(H,16,18). The van der Waals surface area contributed by atoms with Gasteiger partial charge < -0.3 is 4.90 Å². The molecule has 0 saturated heterocycles. The summed E-state index contributed by atoms with van der Waals surface area (Å²) in [5, 5.41) is 10.4. The summed E-state index contributed by atoms with van der Waals surface area (Å²) < 4.78 is 0. The number of aromatic nitrogens is 1. The zero-order valence-electron chi connectivity index (χ0n) is 11.2. The molecular weight excluding hydrogens is 260 g/mol. The minimum Gasteiger partial charge on any atom is -0.305 e. The van der Waals surface area contributed by atoms with E-state index < -0.39 is 0 Å². The maximum atomic E-state index is 11.1. The molecular formula is C13H18N4OS. The summed E-state index contributed by atoms with van der Waals surface area (Å²) in [7, 11) is 4.06. The second-order valence-electron chi connectivity index (χ2n) is 4.36. The second kappa shape index (κ2) is 8.51. The van der Waals surface area contributed by atoms with Crippen molar-refractivity contribution in [2.75, 3.05) is 19.8 Å². The Balaban J connectivity index is 2.33. The van der Waals surface area contributed by atoms with Crippen LogP contribution < -0.4 is 5.32 Å². The molecule has 0 atom stereocenters. The Bertz CT molecular complexity index is 456. The van der Waals surface area contributed by atoms with Gasteiger partial charge in [0.25, 0.3) is 0 Å². The molecule has 1 rings (SSSR count). The van der Waals surface area contributed by atoms with E-state index in [1.165, 1.54) is 5.56 Å². The number of thioether (sulfide) groups is 1. The summed E-state index contributed by atoms with van der Waals surface area (Å²) in [5.41, 5.74) is 2.25. The fourth-order valence-corrected chi connectivity index (χ4v) is 2.38. The Labute approximate surface area is 118 Å². The Morgan fingerprint density at radius 2 is 2.37 bits per heavy atom. The molecule has 0 fully saturated rings. The highest BCUT2D eigenvalue weighted by Gasteiger charge is 2.02. The van der Waals surface area contributed by atoms with Crippen molar-refractivity contribution in [3.05, 3.63) is 29.6 Å². The Kier molecular flexibility index (Phi) is 6.93. The molecule has 0 aliphatic carbocycles. The van der Waals surface area contributed by atoms with Crippen LogP contribution in [0.2, 0.25) is 0 Å². The molecule has 19 heavy (non-hydrogen) atoms. The van der Waals surface area contributed by atoms with E-state index in [1.807, 2.05) is 26.4 Å². The third kappa shape index (κ3) is 6.79. The van der Waals surface area contributed by atoms with Crippen LogP contribution in [0.25, 0.3) is 0 Å². The van der Waals surface area contributed by atoms with E-state index in [9.17, 15) is 4.79 Å². The normalized spacial score (nSPS) is 10.2. The fraction of sp³-hybridized carbons (Fsp3) is 0.462. The van der Waals surface area contributed by atoms with E-state index in [0.29, 0.717) is 12.2 Å². The molecule has 102 valence electrons. The van der Waals surface area contributed by atoms with Crippen LogP contribution in [0.4, 0.5) is 0 Å². The Hall–Kier alpha value is -1.58. The summed E-state index contributed by atoms with van der Waals surface area (Å²) in [6.45, 7) is 0.894. The average Bonchev–Trinajstić information content (AvgIpc) is 2.35. The first-order valence-electron chi connectivity index (χ1n) is 5.96. The number of carbonyl (C=O) groups is 1. The Morgan fingerprint density at radius 3 is 3.05 bits per heavy atom. The molecule has 0 aliphatic heterocycles. The highest BCUT2D eigenvalue weighted by atomic mass is 32.2. The molecule has 0 aliphatic rings. The van der Waals surface area contributed by atoms with Gasteiger partial charge in [0.2, 0.25) is 5.91 Å². The molecule has 1 N–H and O–H groups in total. The monoisotopic (exact) mass is 278 g/mol. The van der Waals surface area contributed by atoms with Crippen LogP contribution in [-0.2, 0) is 17.1 Å². The first-order chi connectivity index (χ1) is 9.11. The first kappa shape index (κ1) is 15.5. The van der Waals surface area contributed by atoms with E-state index in [2.05, 4.69) is 21.3 Å². The van der Waals surface area contributed by atoms with E-state index in [1.54, 1.807) is 18.0 Å². The highest BCUT2D eigenvalue weighted by Crippen LogP contribution is 2.13. The van der Waals surface area contributed by atoms with Crippen LogP contribution in [0.15, 0.2) is 18.3 Å². The first-order valence-corrected chi connectivity index (χ1v) is 7.11. The van der Waals surface area contributed by atoms with Gasteiger partial charge in [0.05, 0.1) is 5.69 Å². The van der Waals surface area contributed by atoms with E-state index in [-0.39, 0.29) is 5.91 Å². The van der Waals surface area contributed by atoms with Crippen LogP contribution >= 0.6 is 11.8 Å². The predicted molar refractivity (Wildman–Crippen MR) is 76.2 cm³/mol. The number of nitriles is 1. The van der Waals surface area contributed by atoms with E-state index in [0.717, 1.165) is 18.0 Å². The van der Waals surface area contributed by atoms with Gasteiger partial charge in [-0.25, -0.2) is 0 Å². The lowest BCUT2D eigenvalue weighted by atomic mass is 10.2. The summed E-state index contributed by atoms with van der Waals surface area (Å²) in [6, 6.07) is 4.09. The second-order valence-corrected chi connectivity index (χ2v) is 5.46. The molecule has 1 heterocycles. The van der Waals surface area contributed by atoms with Gasteiger partial charge in [-0.1, -0.05) is 0 Å². The number of pyridine rings is 1. The summed E-state index contributed by atoms with van der Waals surface area (Å²) in [4.78, 5) is 17.5. The molecule has 0 unspecified atom stereocenters. The molecule has 0 saturated carbocycles. The molecule has 0 bridgehead atoms. The molecule has 1 aromatic heterocycles. The molecule has 1 aromatic rings. The van der Waals surface area contributed by atoms with Gasteiger partial charge in [-0.3, -0.25) is 15.1 Å². The number of rotatable bonds is 7. The lowest BCUT2D eigenvalue weighted by Crippen LogP contribution is -2.17. The average molecular weight is 278 g/mol. The Morgan fingerprint density at radius 1 is 1.58 bits per heavy atom. The zero-order chi connectivity index (χ0) is 14.1. The van der Waals surface area contributed by atoms with Crippen LogP contribution in [0, 0.1) is 11.5 Å². The number of hydrogen-bond donors (Lipinski definition) is 1. The molecule has 6 heteroatoms. The van der Waals surface area contributed by atoms with Crippen LogP contribution in [0.3, 0.4) is 0 Å². The van der Waals surface area contributed by atoms with Crippen molar-refractivity contribution >= 4 is 17.7 Å². The molecule has 0 radical (unpaired) electrons. The number of nitrogens with one attached hydrogen (secondary N) is 1. The van der Waals surface area contributed by atoms with Crippen molar-refractivity contribution in [2.45, 2.75) is 18.7 Å². The number of hydrogen-bond acceptors (Lipinski definition) is 5. The largest absolute Gasteiger partial charge is 0.305 e. The van der Waals surface area contributed by atoms with Gasteiger partial charge in [0, 0.05) is 30.7 Å². The van der Waals surface area contributed by atoms with Gasteiger partial charge >= 0.3 is 0 Å². The summed E-state index contributed by atoms with van der Waals surface area (Å²) in [5.74, 6) is 1.23. The lowest BCUT2D eigenvalue weighted by molar-refractivity contribution is -0.119. The number of amides is 1. The van der Waals surface area contributed by atoms with Gasteiger partial charge in [-0.15, -0.1) is 0 Å². The zero-order valence-corrected chi connectivity index (χ0v) is 12.0. The van der Waals surface area contributed by atoms with E-state index in [4.69, 9.17) is 5.26 Å². The SMILES string of the molecule is CN(C)Cc1ccnc(CSCCC(=O)NC#N)c1. The third-order valence-electron chi connectivity index (χ3n) is 2.30. The van der Waals surface area contributed by atoms with Crippen molar-refractivity contribution in [1.29, 1.82) is 5.26 Å². The minimum atomic E-state index is -0.232. The van der Waals surface area contributed by atoms with Crippen molar-refractivity contribution in [3.8, 4) is 6.19 Å². The van der Waals surface area contributed by atoms with Crippen LogP contribution in [-0.4, -0.2) is 35.6 Å². The summed E-state index contributed by atoms with van der Waals surface area (Å²) >= 11 is 1.64. The maximum Gasteiger partial charge on any atom is 0.233 e. The lowest BCUT2D eigenvalue weighted by Gasteiger charge is -2.10. The number of carbonyl (C=O) groups excluding carboxylic acids is 1. The van der Waals surface area contributed by atoms with Crippen molar-refractivity contribution < 1.29 is 4.79 Å². The van der Waals surface area contributed by atoms with Gasteiger partial charge in [-0.05, 0) is 31.8 Å². The minimum absolute atomic E-state index is 0.232. The number of nitrogens with zero attached hydrogens (tertiary/aromatic N) is 3. The summed E-state index contributed by atoms with van der Waals surface area (Å²) in [6.07, 6.45) is 3.80.